The van der Waals surface area contributed by atoms with E-state index in [1.807, 2.05) is 20.8 Å². The summed E-state index contributed by atoms with van der Waals surface area (Å²) >= 11 is 0. The molecule has 3 unspecified atom stereocenters. The van der Waals surface area contributed by atoms with Crippen molar-refractivity contribution >= 4 is 23.7 Å². The number of amides is 3. The monoisotopic (exact) mass is 615 g/mol. The number of aliphatic hydroxyl groups excluding tert-OH is 1. The van der Waals surface area contributed by atoms with E-state index in [2.05, 4.69) is 16.0 Å². The van der Waals surface area contributed by atoms with Crippen molar-refractivity contribution in [2.45, 2.75) is 126 Å². The third-order valence-electron chi connectivity index (χ3n) is 7.77. The van der Waals surface area contributed by atoms with Crippen LogP contribution in [0.4, 0.5) is 0 Å². The maximum absolute atomic E-state index is 13.7. The summed E-state index contributed by atoms with van der Waals surface area (Å²) in [5.74, 6) is -0.913. The van der Waals surface area contributed by atoms with Gasteiger partial charge in [-0.2, -0.15) is 0 Å². The Kier molecular flexibility index (Phi) is 19.6. The summed E-state index contributed by atoms with van der Waals surface area (Å²) in [6.07, 6.45) is 3.56. The Balaban J connectivity index is 5.65. The first-order valence-corrected chi connectivity index (χ1v) is 16.0. The Hall–Kier alpha value is -2.24. The van der Waals surface area contributed by atoms with Crippen molar-refractivity contribution in [3.8, 4) is 0 Å². The second-order valence-electron chi connectivity index (χ2n) is 12.6. The van der Waals surface area contributed by atoms with Gasteiger partial charge in [-0.15, -0.1) is 0 Å². The molecule has 252 valence electrons. The molecule has 0 aromatic rings. The Bertz CT molecular complexity index is 844. The molecule has 0 spiro atoms. The Morgan fingerprint density at radius 3 is 1.98 bits per heavy atom. The molecule has 0 saturated carbocycles. The molecule has 4 N–H and O–H groups in total. The zero-order valence-corrected chi connectivity index (χ0v) is 28.4. The van der Waals surface area contributed by atoms with E-state index in [0.29, 0.717) is 45.4 Å². The molecule has 43 heavy (non-hydrogen) atoms. The van der Waals surface area contributed by atoms with Crippen molar-refractivity contribution in [3.05, 3.63) is 0 Å². The Labute approximate surface area is 259 Å². The number of unbranched alkanes of at least 4 members (excludes halogenated alkanes) is 2. The van der Waals surface area contributed by atoms with Gasteiger partial charge in [0.2, 0.25) is 17.7 Å². The second-order valence-corrected chi connectivity index (χ2v) is 12.6. The molecule has 0 aliphatic rings. The highest BCUT2D eigenvalue weighted by Gasteiger charge is 2.48. The van der Waals surface area contributed by atoms with Gasteiger partial charge in [-0.05, 0) is 66.2 Å². The van der Waals surface area contributed by atoms with Crippen LogP contribution < -0.4 is 16.0 Å². The molecule has 11 nitrogen and oxygen atoms in total. The van der Waals surface area contributed by atoms with Crippen LogP contribution in [0, 0.1) is 16.2 Å². The maximum Gasteiger partial charge on any atom is 0.311 e. The second kappa shape index (κ2) is 20.7. The number of rotatable bonds is 24. The molecule has 0 heterocycles. The van der Waals surface area contributed by atoms with Crippen LogP contribution in [0.15, 0.2) is 0 Å². The van der Waals surface area contributed by atoms with Gasteiger partial charge in [-0.3, -0.25) is 19.2 Å². The van der Waals surface area contributed by atoms with Crippen molar-refractivity contribution in [1.82, 2.24) is 16.0 Å². The lowest BCUT2D eigenvalue weighted by molar-refractivity contribution is -0.163. The predicted molar refractivity (Wildman–Crippen MR) is 167 cm³/mol. The predicted octanol–water partition coefficient (Wildman–Crippen LogP) is 3.86. The van der Waals surface area contributed by atoms with Gasteiger partial charge >= 0.3 is 5.97 Å². The molecule has 0 bridgehead atoms. The zero-order valence-electron chi connectivity index (χ0n) is 28.4. The minimum Gasteiger partial charge on any atom is -0.465 e. The largest absolute Gasteiger partial charge is 0.465 e. The van der Waals surface area contributed by atoms with Crippen molar-refractivity contribution in [1.29, 1.82) is 0 Å². The molecule has 0 aromatic carbocycles. The van der Waals surface area contributed by atoms with Crippen LogP contribution in [0.2, 0.25) is 0 Å². The van der Waals surface area contributed by atoms with E-state index >= 15 is 0 Å². The normalized spacial score (nSPS) is 15.2. The summed E-state index contributed by atoms with van der Waals surface area (Å²) < 4.78 is 16.9. The summed E-state index contributed by atoms with van der Waals surface area (Å²) in [5.41, 5.74) is -3.02. The number of carbonyl (C=O) groups excluding carboxylic acids is 4. The first-order valence-electron chi connectivity index (χ1n) is 16.0. The number of aliphatic hydroxyl groups is 1. The van der Waals surface area contributed by atoms with Gasteiger partial charge in [0.25, 0.3) is 0 Å². The number of carbonyl (C=O) groups is 4. The van der Waals surface area contributed by atoms with E-state index in [4.69, 9.17) is 14.2 Å². The molecule has 11 heteroatoms. The molecule has 0 radical (unpaired) electrons. The van der Waals surface area contributed by atoms with E-state index in [0.717, 1.165) is 19.3 Å². The van der Waals surface area contributed by atoms with Crippen molar-refractivity contribution in [2.24, 2.45) is 16.2 Å². The van der Waals surface area contributed by atoms with Crippen LogP contribution in [0.1, 0.15) is 113 Å². The molecule has 3 amide bonds. The molecular formula is C32H61N3O8. The highest BCUT2D eigenvalue weighted by molar-refractivity contribution is 5.86. The topological polar surface area (TPSA) is 152 Å². The molecule has 0 saturated heterocycles. The van der Waals surface area contributed by atoms with Gasteiger partial charge in [0.15, 0.2) is 6.29 Å². The van der Waals surface area contributed by atoms with Gasteiger partial charge in [0, 0.05) is 57.0 Å². The van der Waals surface area contributed by atoms with Crippen LogP contribution in [0.25, 0.3) is 0 Å². The Morgan fingerprint density at radius 1 is 0.814 bits per heavy atom. The summed E-state index contributed by atoms with van der Waals surface area (Å²) in [5, 5.41) is 18.1. The quantitative estimate of drug-likeness (QED) is 0.0726. The summed E-state index contributed by atoms with van der Waals surface area (Å²) in [6.45, 7) is 16.2. The number of esters is 1. The first kappa shape index (κ1) is 40.8. The molecule has 0 aromatic heterocycles. The van der Waals surface area contributed by atoms with E-state index in [1.54, 1.807) is 41.7 Å². The lowest BCUT2D eigenvalue weighted by atomic mass is 9.64. The molecule has 0 aliphatic carbocycles. The number of hydrogen-bond acceptors (Lipinski definition) is 8. The zero-order chi connectivity index (χ0) is 33.1. The maximum atomic E-state index is 13.7. The lowest BCUT2D eigenvalue weighted by Crippen LogP contribution is -2.48. The smallest absolute Gasteiger partial charge is 0.311 e. The fourth-order valence-corrected chi connectivity index (χ4v) is 5.27. The summed E-state index contributed by atoms with van der Waals surface area (Å²) in [7, 11) is 1.61. The average molecular weight is 616 g/mol. The van der Waals surface area contributed by atoms with Crippen LogP contribution >= 0.6 is 0 Å². The van der Waals surface area contributed by atoms with Crippen molar-refractivity contribution in [2.75, 3.05) is 40.0 Å². The molecular weight excluding hydrogens is 554 g/mol. The van der Waals surface area contributed by atoms with Gasteiger partial charge in [0.1, 0.15) is 0 Å². The van der Waals surface area contributed by atoms with Crippen molar-refractivity contribution in [3.63, 3.8) is 0 Å². The fourth-order valence-electron chi connectivity index (χ4n) is 5.27. The van der Waals surface area contributed by atoms with E-state index in [1.165, 1.54) is 0 Å². The number of ether oxygens (including phenoxy) is 3. The van der Waals surface area contributed by atoms with E-state index in [9.17, 15) is 24.3 Å². The van der Waals surface area contributed by atoms with E-state index < -0.39 is 28.3 Å². The highest BCUT2D eigenvalue weighted by atomic mass is 16.7. The lowest BCUT2D eigenvalue weighted by Gasteiger charge is -2.40. The third kappa shape index (κ3) is 15.9. The van der Waals surface area contributed by atoms with Crippen LogP contribution in [0.3, 0.4) is 0 Å². The third-order valence-corrected chi connectivity index (χ3v) is 7.77. The van der Waals surface area contributed by atoms with Crippen LogP contribution in [-0.2, 0) is 33.4 Å². The van der Waals surface area contributed by atoms with Gasteiger partial charge < -0.3 is 35.3 Å². The molecule has 0 rings (SSSR count). The average Bonchev–Trinajstić information content (AvgIpc) is 2.94. The van der Waals surface area contributed by atoms with Gasteiger partial charge in [0.05, 0.1) is 18.1 Å². The summed E-state index contributed by atoms with van der Waals surface area (Å²) in [4.78, 5) is 51.7. The first-order chi connectivity index (χ1) is 20.1. The minimum absolute atomic E-state index is 0.00150. The van der Waals surface area contributed by atoms with E-state index in [-0.39, 0.29) is 50.0 Å². The Morgan fingerprint density at radius 2 is 1.44 bits per heavy atom. The molecule has 0 fully saturated rings. The standard InChI is InChI=1S/C32H61N3O8/c1-10-31(7,28(39)35-21-24(4)36)23-32(8,29(40)43-20-16-18-26(41-11-2)42-12-3)22-30(5,6)27(38)34-19-15-13-14-17-25(37)33-9/h24,26,36H,10-23H2,1-9H3,(H,33,37)(H,34,38)(H,35,39). The van der Waals surface area contributed by atoms with Crippen molar-refractivity contribution < 1.29 is 38.5 Å². The molecule has 3 atom stereocenters. The fraction of sp³-hybridized carbons (Fsp3) is 0.875. The molecule has 0 aliphatic heterocycles. The van der Waals surface area contributed by atoms with Crippen LogP contribution in [0.5, 0.6) is 0 Å². The van der Waals surface area contributed by atoms with Gasteiger partial charge in [-0.1, -0.05) is 34.1 Å². The SMILES string of the molecule is CCOC(CCCOC(=O)C(C)(CC(C)(C)C(=O)NCCCCCC(=O)NC)CC(C)(CC)C(=O)NCC(C)O)OCC. The summed E-state index contributed by atoms with van der Waals surface area (Å²) in [6, 6.07) is 0. The van der Waals surface area contributed by atoms with Gasteiger partial charge in [-0.25, -0.2) is 0 Å². The minimum atomic E-state index is -1.15. The highest BCUT2D eigenvalue weighted by Crippen LogP contribution is 2.45. The number of hydrogen-bond donors (Lipinski definition) is 4. The van der Waals surface area contributed by atoms with Crippen LogP contribution in [-0.4, -0.2) is 81.1 Å². The number of nitrogens with one attached hydrogen (secondary N) is 3.